The minimum Gasteiger partial charge on any atom is -0.487 e. The van der Waals surface area contributed by atoms with E-state index < -0.39 is 5.41 Å². The Balaban J connectivity index is 1.50. The molecule has 1 saturated heterocycles. The summed E-state index contributed by atoms with van der Waals surface area (Å²) in [4.78, 5) is 12.4. The summed E-state index contributed by atoms with van der Waals surface area (Å²) < 4.78 is 11.3. The number of fused-ring (bicyclic) bond motifs is 1. The minimum absolute atomic E-state index is 0.0952. The maximum absolute atomic E-state index is 12.4. The maximum atomic E-state index is 12.4. The third-order valence-corrected chi connectivity index (χ3v) is 6.16. The van der Waals surface area contributed by atoms with Crippen LogP contribution in [0.4, 0.5) is 0 Å². The maximum Gasteiger partial charge on any atom is 0.313 e. The Kier molecular flexibility index (Phi) is 4.73. The third kappa shape index (κ3) is 3.37. The first-order valence-corrected chi connectivity index (χ1v) is 9.65. The van der Waals surface area contributed by atoms with Crippen molar-refractivity contribution in [3.05, 3.63) is 76.3 Å². The number of esters is 1. The molecule has 0 radical (unpaired) electrons. The van der Waals surface area contributed by atoms with E-state index in [1.807, 2.05) is 30.3 Å². The molecule has 0 amide bonds. The van der Waals surface area contributed by atoms with Crippen LogP contribution < -0.4 is 4.74 Å². The Morgan fingerprint density at radius 3 is 2.89 bits per heavy atom. The highest BCUT2D eigenvalue weighted by atomic mass is 35.5. The minimum atomic E-state index is -0.468. The number of allylic oxidation sites excluding steroid dienone is 1. The number of ether oxygens (including phenoxy) is 2. The van der Waals surface area contributed by atoms with E-state index in [-0.39, 0.29) is 11.9 Å². The fourth-order valence-corrected chi connectivity index (χ4v) is 4.58. The first-order chi connectivity index (χ1) is 13.0. The highest BCUT2D eigenvalue weighted by molar-refractivity contribution is 6.32. The molecule has 0 bridgehead atoms. The second-order valence-electron chi connectivity index (χ2n) is 7.74. The molecule has 1 aliphatic carbocycles. The molecule has 3 nitrogen and oxygen atoms in total. The largest absolute Gasteiger partial charge is 0.487 e. The number of halogens is 1. The summed E-state index contributed by atoms with van der Waals surface area (Å²) in [5, 5.41) is 0.567. The average molecular weight is 383 g/mol. The van der Waals surface area contributed by atoms with Crippen molar-refractivity contribution in [2.24, 2.45) is 11.3 Å². The number of hydrogen-bond donors (Lipinski definition) is 0. The van der Waals surface area contributed by atoms with Crippen LogP contribution in [0.3, 0.4) is 0 Å². The smallest absolute Gasteiger partial charge is 0.313 e. The zero-order valence-electron chi connectivity index (χ0n) is 15.5. The Bertz CT molecular complexity index is 904. The molecular weight excluding hydrogens is 360 g/mol. The van der Waals surface area contributed by atoms with Gasteiger partial charge >= 0.3 is 5.97 Å². The zero-order valence-corrected chi connectivity index (χ0v) is 16.2. The van der Waals surface area contributed by atoms with Gasteiger partial charge in [0.15, 0.2) is 0 Å². The molecule has 4 heteroatoms. The lowest BCUT2D eigenvalue weighted by Crippen LogP contribution is -2.31. The van der Waals surface area contributed by atoms with Gasteiger partial charge in [0, 0.05) is 5.92 Å². The van der Waals surface area contributed by atoms with Crippen molar-refractivity contribution >= 4 is 17.6 Å². The number of carbonyl (C=O) groups excluding carboxylic acids is 1. The van der Waals surface area contributed by atoms with Crippen molar-refractivity contribution in [2.75, 3.05) is 6.61 Å². The summed E-state index contributed by atoms with van der Waals surface area (Å²) in [6, 6.07) is 13.9. The topological polar surface area (TPSA) is 35.5 Å². The van der Waals surface area contributed by atoms with Crippen molar-refractivity contribution in [1.29, 1.82) is 0 Å². The van der Waals surface area contributed by atoms with Crippen LogP contribution in [0.25, 0.3) is 0 Å². The highest BCUT2D eigenvalue weighted by Crippen LogP contribution is 2.52. The number of cyclic esters (lactones) is 1. The van der Waals surface area contributed by atoms with Gasteiger partial charge in [-0.05, 0) is 55.0 Å². The van der Waals surface area contributed by atoms with E-state index in [1.165, 1.54) is 5.56 Å². The normalized spacial score (nSPS) is 24.0. The Hall–Kier alpha value is -2.26. The average Bonchev–Trinajstić information content (AvgIpc) is 3.10. The first-order valence-electron chi connectivity index (χ1n) is 9.27. The summed E-state index contributed by atoms with van der Waals surface area (Å²) >= 11 is 6.47. The Morgan fingerprint density at radius 1 is 1.30 bits per heavy atom. The van der Waals surface area contributed by atoms with E-state index >= 15 is 0 Å². The molecule has 2 unspecified atom stereocenters. The summed E-state index contributed by atoms with van der Waals surface area (Å²) in [5.74, 6) is 0.790. The molecule has 0 aromatic heterocycles. The standard InChI is InChI=1S/C23H23ClO3/c1-15-9-19-14-27-22(25)23(19,11-15)12-17-7-8-21(20(24)10-17)26-13-18-6-4-3-5-16(18)2/h3-8,10,19H,1,9,11-14H2,2H3. The van der Waals surface area contributed by atoms with Crippen molar-refractivity contribution < 1.29 is 14.3 Å². The van der Waals surface area contributed by atoms with Crippen molar-refractivity contribution in [2.45, 2.75) is 32.8 Å². The molecule has 1 aliphatic heterocycles. The number of benzene rings is 2. The monoisotopic (exact) mass is 382 g/mol. The summed E-state index contributed by atoms with van der Waals surface area (Å²) in [6.45, 7) is 7.14. The van der Waals surface area contributed by atoms with E-state index in [0.717, 1.165) is 23.1 Å². The number of hydrogen-bond acceptors (Lipinski definition) is 3. The van der Waals surface area contributed by atoms with Gasteiger partial charge in [-0.3, -0.25) is 4.79 Å². The van der Waals surface area contributed by atoms with Crippen LogP contribution in [-0.4, -0.2) is 12.6 Å². The molecule has 140 valence electrons. The lowest BCUT2D eigenvalue weighted by atomic mass is 9.75. The molecule has 1 saturated carbocycles. The van der Waals surface area contributed by atoms with E-state index in [0.29, 0.717) is 36.8 Å². The van der Waals surface area contributed by atoms with Gasteiger partial charge in [-0.25, -0.2) is 0 Å². The Labute approximate surface area is 164 Å². The molecule has 1 heterocycles. The van der Waals surface area contributed by atoms with Crippen molar-refractivity contribution in [1.82, 2.24) is 0 Å². The van der Waals surface area contributed by atoms with Crippen molar-refractivity contribution in [3.8, 4) is 5.75 Å². The zero-order chi connectivity index (χ0) is 19.0. The van der Waals surface area contributed by atoms with Crippen LogP contribution in [0.1, 0.15) is 29.5 Å². The summed E-state index contributed by atoms with van der Waals surface area (Å²) in [7, 11) is 0. The predicted molar refractivity (Wildman–Crippen MR) is 106 cm³/mol. The molecule has 2 aliphatic rings. The molecular formula is C23H23ClO3. The summed E-state index contributed by atoms with van der Waals surface area (Å²) in [6.07, 6.45) is 2.21. The molecule has 2 aromatic carbocycles. The van der Waals surface area contributed by atoms with Crippen molar-refractivity contribution in [3.63, 3.8) is 0 Å². The van der Waals surface area contributed by atoms with Gasteiger partial charge in [0.25, 0.3) is 0 Å². The van der Waals surface area contributed by atoms with Gasteiger partial charge in [0.05, 0.1) is 17.0 Å². The number of rotatable bonds is 5. The lowest BCUT2D eigenvalue weighted by molar-refractivity contribution is -0.146. The van der Waals surface area contributed by atoms with Crippen LogP contribution in [0, 0.1) is 18.3 Å². The highest BCUT2D eigenvalue weighted by Gasteiger charge is 2.55. The van der Waals surface area contributed by atoms with E-state index in [9.17, 15) is 4.79 Å². The van der Waals surface area contributed by atoms with Gasteiger partial charge < -0.3 is 9.47 Å². The second kappa shape index (κ2) is 7.05. The van der Waals surface area contributed by atoms with Crippen LogP contribution in [-0.2, 0) is 22.6 Å². The quantitative estimate of drug-likeness (QED) is 0.521. The number of carbonyl (C=O) groups is 1. The Morgan fingerprint density at radius 2 is 2.11 bits per heavy atom. The van der Waals surface area contributed by atoms with Gasteiger partial charge in [0.2, 0.25) is 0 Å². The third-order valence-electron chi connectivity index (χ3n) is 5.86. The van der Waals surface area contributed by atoms with Gasteiger partial charge in [-0.2, -0.15) is 0 Å². The van der Waals surface area contributed by atoms with Gasteiger partial charge in [-0.1, -0.05) is 54.1 Å². The van der Waals surface area contributed by atoms with Crippen LogP contribution in [0.15, 0.2) is 54.6 Å². The molecule has 4 rings (SSSR count). The summed E-state index contributed by atoms with van der Waals surface area (Å²) in [5.41, 5.74) is 4.03. The second-order valence-corrected chi connectivity index (χ2v) is 8.15. The van der Waals surface area contributed by atoms with E-state index in [1.54, 1.807) is 0 Å². The van der Waals surface area contributed by atoms with Gasteiger partial charge in [-0.15, -0.1) is 0 Å². The fourth-order valence-electron chi connectivity index (χ4n) is 4.33. The van der Waals surface area contributed by atoms with E-state index in [4.69, 9.17) is 21.1 Å². The predicted octanol–water partition coefficient (Wildman–Crippen LogP) is 5.28. The van der Waals surface area contributed by atoms with E-state index in [2.05, 4.69) is 25.6 Å². The van der Waals surface area contributed by atoms with Crippen LogP contribution in [0.5, 0.6) is 5.75 Å². The molecule has 0 N–H and O–H groups in total. The van der Waals surface area contributed by atoms with Crippen LogP contribution in [0.2, 0.25) is 5.02 Å². The molecule has 0 spiro atoms. The molecule has 2 atom stereocenters. The molecule has 27 heavy (non-hydrogen) atoms. The lowest BCUT2D eigenvalue weighted by Gasteiger charge is -2.24. The van der Waals surface area contributed by atoms with Gasteiger partial charge in [0.1, 0.15) is 12.4 Å². The number of aryl methyl sites for hydroxylation is 1. The van der Waals surface area contributed by atoms with Crippen LogP contribution >= 0.6 is 11.6 Å². The fraction of sp³-hybridized carbons (Fsp3) is 0.348. The molecule has 2 fully saturated rings. The molecule has 2 aromatic rings. The SMILES string of the molecule is C=C1CC2COC(=O)C2(Cc2ccc(OCc3ccccc3C)c(Cl)c2)C1. The first kappa shape index (κ1) is 18.1.